The first-order valence-corrected chi connectivity index (χ1v) is 3.28. The van der Waals surface area contributed by atoms with Crippen LogP contribution in [-0.2, 0) is 4.79 Å². The Bertz CT molecular complexity index is 84.4. The first-order chi connectivity index (χ1) is 3.84. The zero-order valence-electron chi connectivity index (χ0n) is 5.26. The van der Waals surface area contributed by atoms with Gasteiger partial charge in [-0.3, -0.25) is 0 Å². The third kappa shape index (κ3) is 1.32. The number of rotatable bonds is 3. The van der Waals surface area contributed by atoms with Crippen molar-refractivity contribution in [2.75, 3.05) is 0 Å². The smallest absolute Gasteiger partial charge is 0.120 e. The summed E-state index contributed by atoms with van der Waals surface area (Å²) in [7, 11) is 0. The van der Waals surface area contributed by atoms with E-state index in [9.17, 15) is 4.79 Å². The van der Waals surface area contributed by atoms with E-state index in [0.717, 1.165) is 18.6 Å². The monoisotopic (exact) mass is 112 g/mol. The fourth-order valence-corrected chi connectivity index (χ4v) is 1.01. The van der Waals surface area contributed by atoms with Gasteiger partial charge in [0.05, 0.1) is 0 Å². The molecule has 1 unspecified atom stereocenters. The summed E-state index contributed by atoms with van der Waals surface area (Å²) in [5, 5.41) is 0. The second-order valence-corrected chi connectivity index (χ2v) is 2.72. The molecule has 0 saturated heterocycles. The molecule has 0 aliphatic heterocycles. The van der Waals surface area contributed by atoms with Gasteiger partial charge in [0.25, 0.3) is 0 Å². The number of hydrogen-bond acceptors (Lipinski definition) is 1. The van der Waals surface area contributed by atoms with Crippen LogP contribution in [0.5, 0.6) is 0 Å². The van der Waals surface area contributed by atoms with E-state index in [1.807, 2.05) is 0 Å². The van der Waals surface area contributed by atoms with Crippen molar-refractivity contribution in [3.05, 3.63) is 0 Å². The largest absolute Gasteiger partial charge is 0.303 e. The molecule has 1 aliphatic carbocycles. The van der Waals surface area contributed by atoms with Crippen LogP contribution < -0.4 is 0 Å². The normalized spacial score (nSPS) is 22.6. The van der Waals surface area contributed by atoms with Crippen LogP contribution in [0.3, 0.4) is 0 Å². The van der Waals surface area contributed by atoms with Crippen LogP contribution >= 0.6 is 0 Å². The van der Waals surface area contributed by atoms with Gasteiger partial charge in [-0.2, -0.15) is 0 Å². The van der Waals surface area contributed by atoms with Crippen molar-refractivity contribution in [1.29, 1.82) is 0 Å². The van der Waals surface area contributed by atoms with Gasteiger partial charge in [0.2, 0.25) is 0 Å². The zero-order valence-corrected chi connectivity index (χ0v) is 5.26. The van der Waals surface area contributed by atoms with E-state index in [0.29, 0.717) is 5.92 Å². The lowest BCUT2D eigenvalue weighted by molar-refractivity contribution is -0.108. The summed E-state index contributed by atoms with van der Waals surface area (Å²) in [4.78, 5) is 9.95. The summed E-state index contributed by atoms with van der Waals surface area (Å²) in [5.74, 6) is 1.55. The highest BCUT2D eigenvalue weighted by Crippen LogP contribution is 2.37. The van der Waals surface area contributed by atoms with Gasteiger partial charge >= 0.3 is 0 Å². The molecule has 1 heteroatoms. The summed E-state index contributed by atoms with van der Waals surface area (Å²) in [6, 6.07) is 0. The Morgan fingerprint density at radius 1 is 1.75 bits per heavy atom. The van der Waals surface area contributed by atoms with Crippen LogP contribution in [0, 0.1) is 11.8 Å². The van der Waals surface area contributed by atoms with Crippen LogP contribution in [0.25, 0.3) is 0 Å². The maximum absolute atomic E-state index is 9.95. The van der Waals surface area contributed by atoms with Crippen molar-refractivity contribution in [2.45, 2.75) is 26.2 Å². The lowest BCUT2D eigenvalue weighted by Crippen LogP contribution is -1.96. The lowest BCUT2D eigenvalue weighted by atomic mass is 10.0. The second kappa shape index (κ2) is 2.29. The summed E-state index contributed by atoms with van der Waals surface area (Å²) in [6.45, 7) is 2.16. The van der Waals surface area contributed by atoms with Gasteiger partial charge in [0.1, 0.15) is 6.29 Å². The minimum Gasteiger partial charge on any atom is -0.303 e. The van der Waals surface area contributed by atoms with E-state index in [4.69, 9.17) is 0 Å². The molecular formula is C7H12O. The molecule has 0 N–H and O–H groups in total. The third-order valence-corrected chi connectivity index (χ3v) is 1.89. The van der Waals surface area contributed by atoms with Crippen molar-refractivity contribution >= 4 is 6.29 Å². The Kier molecular flexibility index (Phi) is 1.66. The first-order valence-electron chi connectivity index (χ1n) is 3.28. The predicted octanol–water partition coefficient (Wildman–Crippen LogP) is 1.62. The zero-order chi connectivity index (χ0) is 5.98. The number of hydrogen-bond donors (Lipinski definition) is 0. The summed E-state index contributed by atoms with van der Waals surface area (Å²) < 4.78 is 0. The molecule has 0 amide bonds. The molecule has 1 saturated carbocycles. The van der Waals surface area contributed by atoms with Crippen LogP contribution in [0.15, 0.2) is 0 Å². The summed E-state index contributed by atoms with van der Waals surface area (Å²) >= 11 is 0. The Balaban J connectivity index is 2.12. The molecule has 8 heavy (non-hydrogen) atoms. The fourth-order valence-electron chi connectivity index (χ4n) is 1.01. The van der Waals surface area contributed by atoms with Gasteiger partial charge in [0.15, 0.2) is 0 Å². The molecule has 0 aromatic carbocycles. The first kappa shape index (κ1) is 5.80. The standard InChI is InChI=1S/C7H12O/c1-6(4-5-8)7-2-3-7/h5-7H,2-4H2,1H3. The molecule has 1 atom stereocenters. The molecule has 0 aromatic heterocycles. The highest BCUT2D eigenvalue weighted by atomic mass is 16.1. The van der Waals surface area contributed by atoms with E-state index >= 15 is 0 Å². The Labute approximate surface area is 50.1 Å². The number of carbonyl (C=O) groups excluding carboxylic acids is 1. The molecule has 1 nitrogen and oxygen atoms in total. The minimum atomic E-state index is 0.660. The van der Waals surface area contributed by atoms with Gasteiger partial charge in [0, 0.05) is 6.42 Å². The number of carbonyl (C=O) groups is 1. The Morgan fingerprint density at radius 2 is 2.38 bits per heavy atom. The van der Waals surface area contributed by atoms with E-state index in [2.05, 4.69) is 6.92 Å². The SMILES string of the molecule is CC(CC=O)C1CC1. The van der Waals surface area contributed by atoms with Crippen molar-refractivity contribution in [3.8, 4) is 0 Å². The minimum absolute atomic E-state index is 0.660. The van der Waals surface area contributed by atoms with Gasteiger partial charge in [-0.25, -0.2) is 0 Å². The van der Waals surface area contributed by atoms with Crippen LogP contribution in [0.4, 0.5) is 0 Å². The maximum atomic E-state index is 9.95. The highest BCUT2D eigenvalue weighted by molar-refractivity contribution is 5.49. The third-order valence-electron chi connectivity index (χ3n) is 1.89. The van der Waals surface area contributed by atoms with Gasteiger partial charge < -0.3 is 4.79 Å². The summed E-state index contributed by atoms with van der Waals surface area (Å²) in [6.07, 6.45) is 4.51. The Hall–Kier alpha value is -0.330. The van der Waals surface area contributed by atoms with Gasteiger partial charge in [-0.1, -0.05) is 6.92 Å². The van der Waals surface area contributed by atoms with Crippen LogP contribution in [0.2, 0.25) is 0 Å². The van der Waals surface area contributed by atoms with Gasteiger partial charge in [-0.05, 0) is 24.7 Å². The molecule has 1 fully saturated rings. The molecule has 1 aliphatic rings. The molecular weight excluding hydrogens is 100 g/mol. The van der Waals surface area contributed by atoms with Crippen molar-refractivity contribution < 1.29 is 4.79 Å². The molecule has 0 aromatic rings. The van der Waals surface area contributed by atoms with Crippen LogP contribution in [-0.4, -0.2) is 6.29 Å². The molecule has 0 bridgehead atoms. The van der Waals surface area contributed by atoms with E-state index in [1.54, 1.807) is 0 Å². The highest BCUT2D eigenvalue weighted by Gasteiger charge is 2.26. The van der Waals surface area contributed by atoms with E-state index < -0.39 is 0 Å². The quantitative estimate of drug-likeness (QED) is 0.507. The topological polar surface area (TPSA) is 17.1 Å². The summed E-state index contributed by atoms with van der Waals surface area (Å²) in [5.41, 5.74) is 0. The van der Waals surface area contributed by atoms with Crippen molar-refractivity contribution in [2.24, 2.45) is 11.8 Å². The van der Waals surface area contributed by atoms with Crippen LogP contribution in [0.1, 0.15) is 26.2 Å². The second-order valence-electron chi connectivity index (χ2n) is 2.72. The van der Waals surface area contributed by atoms with E-state index in [-0.39, 0.29) is 0 Å². The Morgan fingerprint density at radius 3 is 2.75 bits per heavy atom. The fraction of sp³-hybridized carbons (Fsp3) is 0.857. The van der Waals surface area contributed by atoms with Gasteiger partial charge in [-0.15, -0.1) is 0 Å². The average molecular weight is 112 g/mol. The molecule has 0 spiro atoms. The maximum Gasteiger partial charge on any atom is 0.120 e. The molecule has 1 rings (SSSR count). The van der Waals surface area contributed by atoms with Crippen molar-refractivity contribution in [1.82, 2.24) is 0 Å². The molecule has 46 valence electrons. The number of aldehydes is 1. The van der Waals surface area contributed by atoms with E-state index in [1.165, 1.54) is 12.8 Å². The predicted molar refractivity (Wildman–Crippen MR) is 32.6 cm³/mol. The average Bonchev–Trinajstić information content (AvgIpc) is 2.45. The molecule has 0 heterocycles. The van der Waals surface area contributed by atoms with Crippen molar-refractivity contribution in [3.63, 3.8) is 0 Å². The lowest BCUT2D eigenvalue weighted by Gasteiger charge is -2.00. The molecule has 0 radical (unpaired) electrons.